The lowest BCUT2D eigenvalue weighted by atomic mass is 10.2. The molecule has 4 heteroatoms. The second-order valence-electron chi connectivity index (χ2n) is 4.23. The van der Waals surface area contributed by atoms with E-state index in [1.807, 2.05) is 48.7 Å². The minimum Gasteiger partial charge on any atom is -0.492 e. The van der Waals surface area contributed by atoms with Crippen molar-refractivity contribution < 1.29 is 4.74 Å². The quantitative estimate of drug-likeness (QED) is 0.826. The van der Waals surface area contributed by atoms with Crippen molar-refractivity contribution in [1.29, 1.82) is 0 Å². The third kappa shape index (κ3) is 4.65. The molecule has 1 N–H and O–H groups in total. The van der Waals surface area contributed by atoms with Gasteiger partial charge in [0.05, 0.1) is 5.69 Å². The molecule has 0 amide bonds. The first kappa shape index (κ1) is 14.0. The number of hydrogen-bond donors (Lipinski definition) is 1. The van der Waals surface area contributed by atoms with Gasteiger partial charge in [0.2, 0.25) is 0 Å². The molecule has 100 valence electrons. The standard InChI is InChI=1S/C15H17BrN2O/c1-12(15-4-2-3-9-18-15)17-10-11-19-14-7-5-13(16)6-8-14/h2-9,12,17H,10-11H2,1H3/t12-/m1/s1. The Kier molecular flexibility index (Phi) is 5.36. The number of benzene rings is 1. The number of nitrogens with one attached hydrogen (secondary N) is 1. The van der Waals surface area contributed by atoms with Gasteiger partial charge in [-0.05, 0) is 43.3 Å². The number of ether oxygens (including phenoxy) is 1. The van der Waals surface area contributed by atoms with Crippen molar-refractivity contribution in [3.8, 4) is 5.75 Å². The van der Waals surface area contributed by atoms with Gasteiger partial charge in [-0.15, -0.1) is 0 Å². The van der Waals surface area contributed by atoms with Crippen LogP contribution in [0.1, 0.15) is 18.7 Å². The third-order valence-corrected chi connectivity index (χ3v) is 3.30. The molecule has 1 aromatic heterocycles. The van der Waals surface area contributed by atoms with Gasteiger partial charge in [-0.3, -0.25) is 4.98 Å². The van der Waals surface area contributed by atoms with Crippen LogP contribution in [0.2, 0.25) is 0 Å². The molecule has 2 rings (SSSR count). The Hall–Kier alpha value is -1.39. The first-order chi connectivity index (χ1) is 9.25. The number of nitrogens with zero attached hydrogens (tertiary/aromatic N) is 1. The van der Waals surface area contributed by atoms with E-state index in [-0.39, 0.29) is 6.04 Å². The van der Waals surface area contributed by atoms with E-state index in [4.69, 9.17) is 4.74 Å². The summed E-state index contributed by atoms with van der Waals surface area (Å²) in [6, 6.07) is 14.0. The maximum Gasteiger partial charge on any atom is 0.119 e. The summed E-state index contributed by atoms with van der Waals surface area (Å²) in [7, 11) is 0. The number of hydrogen-bond acceptors (Lipinski definition) is 3. The van der Waals surface area contributed by atoms with E-state index in [1.54, 1.807) is 0 Å². The summed E-state index contributed by atoms with van der Waals surface area (Å²) in [4.78, 5) is 4.32. The van der Waals surface area contributed by atoms with Gasteiger partial charge in [0, 0.05) is 23.3 Å². The first-order valence-corrected chi connectivity index (χ1v) is 7.07. The minimum atomic E-state index is 0.231. The minimum absolute atomic E-state index is 0.231. The van der Waals surface area contributed by atoms with Gasteiger partial charge in [0.1, 0.15) is 12.4 Å². The predicted octanol–water partition coefficient (Wildman–Crippen LogP) is 3.57. The van der Waals surface area contributed by atoms with Crippen molar-refractivity contribution in [2.24, 2.45) is 0 Å². The largest absolute Gasteiger partial charge is 0.492 e. The monoisotopic (exact) mass is 320 g/mol. The normalized spacial score (nSPS) is 12.1. The van der Waals surface area contributed by atoms with Gasteiger partial charge in [-0.1, -0.05) is 22.0 Å². The highest BCUT2D eigenvalue weighted by Crippen LogP contribution is 2.15. The maximum atomic E-state index is 5.64. The predicted molar refractivity (Wildman–Crippen MR) is 80.3 cm³/mol. The fourth-order valence-electron chi connectivity index (χ4n) is 1.71. The molecule has 1 heterocycles. The van der Waals surface area contributed by atoms with Crippen molar-refractivity contribution >= 4 is 15.9 Å². The average molecular weight is 321 g/mol. The van der Waals surface area contributed by atoms with Crippen LogP contribution in [0.5, 0.6) is 5.75 Å². The lowest BCUT2D eigenvalue weighted by Gasteiger charge is -2.13. The van der Waals surface area contributed by atoms with Gasteiger partial charge < -0.3 is 10.1 Å². The van der Waals surface area contributed by atoms with Crippen LogP contribution in [0.4, 0.5) is 0 Å². The Bertz CT molecular complexity index is 487. The zero-order valence-electron chi connectivity index (χ0n) is 10.8. The summed E-state index contributed by atoms with van der Waals surface area (Å²) >= 11 is 3.40. The molecule has 1 atom stereocenters. The molecule has 19 heavy (non-hydrogen) atoms. The molecule has 0 spiro atoms. The molecule has 1 aromatic carbocycles. The number of pyridine rings is 1. The summed E-state index contributed by atoms with van der Waals surface area (Å²) < 4.78 is 6.70. The molecule has 3 nitrogen and oxygen atoms in total. The smallest absolute Gasteiger partial charge is 0.119 e. The summed E-state index contributed by atoms with van der Waals surface area (Å²) in [5.74, 6) is 0.885. The molecule has 0 unspecified atom stereocenters. The van der Waals surface area contributed by atoms with Crippen LogP contribution < -0.4 is 10.1 Å². The second-order valence-corrected chi connectivity index (χ2v) is 5.15. The second kappa shape index (κ2) is 7.26. The van der Waals surface area contributed by atoms with Crippen LogP contribution in [0.3, 0.4) is 0 Å². The van der Waals surface area contributed by atoms with Gasteiger partial charge in [-0.25, -0.2) is 0 Å². The summed E-state index contributed by atoms with van der Waals surface area (Å²) in [6.07, 6.45) is 1.81. The van der Waals surface area contributed by atoms with E-state index < -0.39 is 0 Å². The number of halogens is 1. The van der Waals surface area contributed by atoms with E-state index in [1.165, 1.54) is 0 Å². The highest BCUT2D eigenvalue weighted by atomic mass is 79.9. The fraction of sp³-hybridized carbons (Fsp3) is 0.267. The van der Waals surface area contributed by atoms with Crippen molar-refractivity contribution in [2.75, 3.05) is 13.2 Å². The zero-order chi connectivity index (χ0) is 13.5. The fourth-order valence-corrected chi connectivity index (χ4v) is 1.98. The highest BCUT2D eigenvalue weighted by molar-refractivity contribution is 9.10. The maximum absolute atomic E-state index is 5.64. The molecule has 0 aliphatic rings. The van der Waals surface area contributed by atoms with Crippen LogP contribution in [-0.2, 0) is 0 Å². The Labute approximate surface area is 122 Å². The zero-order valence-corrected chi connectivity index (χ0v) is 12.4. The van der Waals surface area contributed by atoms with E-state index >= 15 is 0 Å². The molecular formula is C15H17BrN2O. The molecule has 0 saturated carbocycles. The molecule has 2 aromatic rings. The SMILES string of the molecule is C[C@@H](NCCOc1ccc(Br)cc1)c1ccccn1. The first-order valence-electron chi connectivity index (χ1n) is 6.28. The number of aromatic nitrogens is 1. The Balaban J connectivity index is 1.71. The molecule has 0 bridgehead atoms. The topological polar surface area (TPSA) is 34.1 Å². The Morgan fingerprint density at radius 3 is 2.68 bits per heavy atom. The van der Waals surface area contributed by atoms with Crippen LogP contribution in [-0.4, -0.2) is 18.1 Å². The van der Waals surface area contributed by atoms with Crippen molar-refractivity contribution in [3.63, 3.8) is 0 Å². The van der Waals surface area contributed by atoms with Crippen molar-refractivity contribution in [3.05, 3.63) is 58.8 Å². The third-order valence-electron chi connectivity index (χ3n) is 2.77. The van der Waals surface area contributed by atoms with E-state index in [9.17, 15) is 0 Å². The van der Waals surface area contributed by atoms with Gasteiger partial charge in [0.25, 0.3) is 0 Å². The molecule has 0 fully saturated rings. The summed E-state index contributed by atoms with van der Waals surface area (Å²) in [5.41, 5.74) is 1.05. The van der Waals surface area contributed by atoms with Crippen LogP contribution in [0.15, 0.2) is 53.1 Å². The van der Waals surface area contributed by atoms with E-state index in [0.717, 1.165) is 22.5 Å². The summed E-state index contributed by atoms with van der Waals surface area (Å²) in [5, 5.41) is 3.38. The van der Waals surface area contributed by atoms with Gasteiger partial charge in [0.15, 0.2) is 0 Å². The van der Waals surface area contributed by atoms with Gasteiger partial charge >= 0.3 is 0 Å². The van der Waals surface area contributed by atoms with Crippen LogP contribution in [0, 0.1) is 0 Å². The number of rotatable bonds is 6. The molecule has 0 aliphatic heterocycles. The Morgan fingerprint density at radius 2 is 2.00 bits per heavy atom. The van der Waals surface area contributed by atoms with Crippen LogP contribution in [0.25, 0.3) is 0 Å². The van der Waals surface area contributed by atoms with E-state index in [0.29, 0.717) is 6.61 Å². The van der Waals surface area contributed by atoms with Crippen LogP contribution >= 0.6 is 15.9 Å². The molecule has 0 aliphatic carbocycles. The van der Waals surface area contributed by atoms with E-state index in [2.05, 4.69) is 33.2 Å². The van der Waals surface area contributed by atoms with Crippen molar-refractivity contribution in [2.45, 2.75) is 13.0 Å². The highest BCUT2D eigenvalue weighted by Gasteiger charge is 2.04. The van der Waals surface area contributed by atoms with Crippen molar-refractivity contribution in [1.82, 2.24) is 10.3 Å². The molecule has 0 saturated heterocycles. The summed E-state index contributed by atoms with van der Waals surface area (Å²) in [6.45, 7) is 3.52. The lowest BCUT2D eigenvalue weighted by Crippen LogP contribution is -2.24. The Morgan fingerprint density at radius 1 is 1.21 bits per heavy atom. The lowest BCUT2D eigenvalue weighted by molar-refractivity contribution is 0.307. The van der Waals surface area contributed by atoms with Gasteiger partial charge in [-0.2, -0.15) is 0 Å². The average Bonchev–Trinajstić information content (AvgIpc) is 2.46. The molecule has 0 radical (unpaired) electrons. The molecular weight excluding hydrogens is 304 g/mol.